The van der Waals surface area contributed by atoms with Crippen LogP contribution in [-0.4, -0.2) is 22.6 Å². The first kappa shape index (κ1) is 16.8. The van der Waals surface area contributed by atoms with Gasteiger partial charge in [-0.2, -0.15) is 10.5 Å². The fourth-order valence-electron chi connectivity index (χ4n) is 4.25. The number of hydrogen-bond acceptors (Lipinski definition) is 6. The fraction of sp³-hybridized carbons (Fsp3) is 0.316. The van der Waals surface area contributed by atoms with Gasteiger partial charge in [0.25, 0.3) is 11.2 Å². The fourth-order valence-corrected chi connectivity index (χ4v) is 4.25. The summed E-state index contributed by atoms with van der Waals surface area (Å²) in [4.78, 5) is 25.1. The van der Waals surface area contributed by atoms with E-state index in [0.717, 1.165) is 12.1 Å². The third-order valence-corrected chi connectivity index (χ3v) is 5.37. The summed E-state index contributed by atoms with van der Waals surface area (Å²) >= 11 is 0. The van der Waals surface area contributed by atoms with Gasteiger partial charge in [-0.1, -0.05) is 6.07 Å². The highest BCUT2D eigenvalue weighted by molar-refractivity contribution is 5.70. The number of benzene rings is 1. The van der Waals surface area contributed by atoms with Crippen molar-refractivity contribution in [3.05, 3.63) is 67.6 Å². The van der Waals surface area contributed by atoms with Gasteiger partial charge in [0.15, 0.2) is 0 Å². The Morgan fingerprint density at radius 1 is 1.11 bits per heavy atom. The van der Waals surface area contributed by atoms with E-state index in [1.807, 2.05) is 23.1 Å². The Hall–Kier alpha value is -3.65. The molecule has 2 aromatic rings. The molecule has 3 heterocycles. The van der Waals surface area contributed by atoms with Crippen molar-refractivity contribution >= 4 is 11.4 Å². The third kappa shape index (κ3) is 2.72. The van der Waals surface area contributed by atoms with Gasteiger partial charge in [-0.3, -0.25) is 14.9 Å². The standard InChI is InChI=1S/C19H15N5O3/c20-7-13-5-17(18(24(26)27)6-14(13)8-21)22-9-12-4-15(11-22)16-2-1-3-19(25)23(16)10-12/h1-3,5-6,12,15H,4,9-11H2/t12-,15+/m1/s1. The van der Waals surface area contributed by atoms with Crippen LogP contribution in [0.25, 0.3) is 0 Å². The van der Waals surface area contributed by atoms with E-state index in [4.69, 9.17) is 5.26 Å². The van der Waals surface area contributed by atoms with Crippen molar-refractivity contribution in [2.75, 3.05) is 18.0 Å². The highest BCUT2D eigenvalue weighted by atomic mass is 16.6. The minimum Gasteiger partial charge on any atom is -0.365 e. The second-order valence-electron chi connectivity index (χ2n) is 6.97. The average molecular weight is 361 g/mol. The largest absolute Gasteiger partial charge is 0.365 e. The maximum Gasteiger partial charge on any atom is 0.293 e. The van der Waals surface area contributed by atoms with Crippen LogP contribution >= 0.6 is 0 Å². The van der Waals surface area contributed by atoms with E-state index in [9.17, 15) is 20.2 Å². The first-order valence-corrected chi connectivity index (χ1v) is 8.59. The molecule has 0 radical (unpaired) electrons. The van der Waals surface area contributed by atoms with Gasteiger partial charge in [-0.25, -0.2) is 0 Å². The van der Waals surface area contributed by atoms with E-state index in [0.29, 0.717) is 25.3 Å². The van der Waals surface area contributed by atoms with Gasteiger partial charge in [0.2, 0.25) is 0 Å². The van der Waals surface area contributed by atoms with Gasteiger partial charge in [0.1, 0.15) is 17.8 Å². The number of nitro groups is 1. The summed E-state index contributed by atoms with van der Waals surface area (Å²) in [5.74, 6) is 0.282. The van der Waals surface area contributed by atoms with E-state index in [2.05, 4.69) is 0 Å². The molecule has 134 valence electrons. The van der Waals surface area contributed by atoms with Crippen molar-refractivity contribution in [3.8, 4) is 12.1 Å². The van der Waals surface area contributed by atoms with Crippen LogP contribution in [0.5, 0.6) is 0 Å². The highest BCUT2D eigenvalue weighted by Gasteiger charge is 2.36. The van der Waals surface area contributed by atoms with Gasteiger partial charge in [0, 0.05) is 43.4 Å². The zero-order valence-electron chi connectivity index (χ0n) is 14.3. The second-order valence-corrected chi connectivity index (χ2v) is 6.97. The van der Waals surface area contributed by atoms with Gasteiger partial charge < -0.3 is 9.47 Å². The summed E-state index contributed by atoms with van der Waals surface area (Å²) in [6.45, 7) is 1.67. The molecule has 8 nitrogen and oxygen atoms in total. The average Bonchev–Trinajstić information content (AvgIpc) is 2.67. The molecular formula is C19H15N5O3. The van der Waals surface area contributed by atoms with E-state index in [-0.39, 0.29) is 34.2 Å². The summed E-state index contributed by atoms with van der Waals surface area (Å²) in [6.07, 6.45) is 0.926. The molecule has 1 fully saturated rings. The molecule has 8 heteroatoms. The van der Waals surface area contributed by atoms with Crippen molar-refractivity contribution in [1.29, 1.82) is 10.5 Å². The lowest BCUT2D eigenvalue weighted by Gasteiger charge is -2.43. The van der Waals surface area contributed by atoms with Crippen LogP contribution in [0.3, 0.4) is 0 Å². The molecule has 0 spiro atoms. The van der Waals surface area contributed by atoms with Crippen molar-refractivity contribution in [3.63, 3.8) is 0 Å². The number of aromatic nitrogens is 1. The quantitative estimate of drug-likeness (QED) is 0.597. The number of pyridine rings is 1. The van der Waals surface area contributed by atoms with Crippen LogP contribution in [0.2, 0.25) is 0 Å². The molecular weight excluding hydrogens is 346 g/mol. The van der Waals surface area contributed by atoms with Crippen molar-refractivity contribution in [1.82, 2.24) is 4.57 Å². The van der Waals surface area contributed by atoms with Gasteiger partial charge in [-0.05, 0) is 24.5 Å². The van der Waals surface area contributed by atoms with Crippen molar-refractivity contribution < 1.29 is 4.92 Å². The SMILES string of the molecule is N#Cc1cc(N2C[C@H]3C[C@@H](C2)c2cccc(=O)n2C3)c([N+](=O)[O-])cc1C#N. The monoisotopic (exact) mass is 361 g/mol. The van der Waals surface area contributed by atoms with Crippen LogP contribution in [0.1, 0.15) is 29.2 Å². The summed E-state index contributed by atoms with van der Waals surface area (Å²) in [6, 6.07) is 11.6. The Bertz CT molecular complexity index is 1090. The predicted molar refractivity (Wildman–Crippen MR) is 96.3 cm³/mol. The lowest BCUT2D eigenvalue weighted by molar-refractivity contribution is -0.384. The number of piperidine rings is 1. The second kappa shape index (κ2) is 6.26. The van der Waals surface area contributed by atoms with E-state index in [1.165, 1.54) is 12.1 Å². The lowest BCUT2D eigenvalue weighted by atomic mass is 9.82. The Labute approximate surface area is 154 Å². The minimum absolute atomic E-state index is 0.00190. The molecule has 2 atom stereocenters. The van der Waals surface area contributed by atoms with Crippen LogP contribution in [0.15, 0.2) is 35.1 Å². The minimum atomic E-state index is -0.514. The summed E-state index contributed by atoms with van der Waals surface area (Å²) in [5, 5.41) is 30.0. The van der Waals surface area contributed by atoms with Crippen LogP contribution in [0, 0.1) is 38.7 Å². The number of rotatable bonds is 2. The molecule has 0 amide bonds. The molecule has 0 saturated carbocycles. The molecule has 0 aliphatic carbocycles. The Balaban J connectivity index is 1.78. The number of nitro benzene ring substituents is 1. The number of fused-ring (bicyclic) bond motifs is 4. The molecule has 1 aromatic carbocycles. The normalized spacial score (nSPS) is 20.3. The Morgan fingerprint density at radius 2 is 1.85 bits per heavy atom. The zero-order valence-corrected chi connectivity index (χ0v) is 14.3. The number of anilines is 1. The molecule has 27 heavy (non-hydrogen) atoms. The van der Waals surface area contributed by atoms with Gasteiger partial charge in [0.05, 0.1) is 16.1 Å². The van der Waals surface area contributed by atoms with Gasteiger partial charge >= 0.3 is 0 Å². The van der Waals surface area contributed by atoms with E-state index < -0.39 is 4.92 Å². The molecule has 2 bridgehead atoms. The summed E-state index contributed by atoms with van der Waals surface area (Å²) in [5.41, 5.74) is 1.24. The topological polar surface area (TPSA) is 116 Å². The maximum atomic E-state index is 12.1. The van der Waals surface area contributed by atoms with Crippen molar-refractivity contribution in [2.24, 2.45) is 5.92 Å². The Morgan fingerprint density at radius 3 is 2.56 bits per heavy atom. The Kier molecular flexibility index (Phi) is 3.89. The lowest BCUT2D eigenvalue weighted by Crippen LogP contribution is -2.47. The van der Waals surface area contributed by atoms with E-state index >= 15 is 0 Å². The zero-order chi connectivity index (χ0) is 19.1. The summed E-state index contributed by atoms with van der Waals surface area (Å²) in [7, 11) is 0. The first-order chi connectivity index (χ1) is 13.0. The van der Waals surface area contributed by atoms with Crippen LogP contribution < -0.4 is 10.5 Å². The molecule has 0 N–H and O–H groups in total. The third-order valence-electron chi connectivity index (χ3n) is 5.37. The van der Waals surface area contributed by atoms with Gasteiger partial charge in [-0.15, -0.1) is 0 Å². The molecule has 1 saturated heterocycles. The predicted octanol–water partition coefficient (Wildman–Crippen LogP) is 2.12. The summed E-state index contributed by atoms with van der Waals surface area (Å²) < 4.78 is 1.80. The smallest absolute Gasteiger partial charge is 0.293 e. The number of nitrogens with zero attached hydrogens (tertiary/aromatic N) is 5. The molecule has 0 unspecified atom stereocenters. The van der Waals surface area contributed by atoms with Crippen LogP contribution in [0.4, 0.5) is 11.4 Å². The van der Waals surface area contributed by atoms with Crippen LogP contribution in [-0.2, 0) is 6.54 Å². The molecule has 1 aromatic heterocycles. The first-order valence-electron chi connectivity index (χ1n) is 8.59. The number of hydrogen-bond donors (Lipinski definition) is 0. The molecule has 2 aliphatic rings. The highest BCUT2D eigenvalue weighted by Crippen LogP contribution is 2.40. The van der Waals surface area contributed by atoms with Crippen molar-refractivity contribution in [2.45, 2.75) is 18.9 Å². The van der Waals surface area contributed by atoms with E-state index in [1.54, 1.807) is 16.7 Å². The maximum absolute atomic E-state index is 12.1. The molecule has 2 aliphatic heterocycles. The number of nitriles is 2. The molecule has 4 rings (SSSR count).